The van der Waals surface area contributed by atoms with Gasteiger partial charge in [-0.15, -0.1) is 0 Å². The highest BCUT2D eigenvalue weighted by Crippen LogP contribution is 2.35. The number of phenols is 1. The highest BCUT2D eigenvalue weighted by atomic mass is 35.5. The lowest BCUT2D eigenvalue weighted by atomic mass is 10.0. The first-order chi connectivity index (χ1) is 9.79. The number of halogens is 1. The molecule has 0 spiro atoms. The summed E-state index contributed by atoms with van der Waals surface area (Å²) in [4.78, 5) is 14.0. The summed E-state index contributed by atoms with van der Waals surface area (Å²) in [5.41, 5.74) is 0.0728. The number of carbonyl (C=O) groups is 1. The van der Waals surface area contributed by atoms with Gasteiger partial charge >= 0.3 is 6.09 Å². The molecule has 1 aromatic carbocycles. The highest BCUT2D eigenvalue weighted by Gasteiger charge is 2.33. The number of hydrogen-bond donors (Lipinski definition) is 2. The molecule has 2 rings (SSSR count). The van der Waals surface area contributed by atoms with Gasteiger partial charge < -0.3 is 15.2 Å². The maximum atomic E-state index is 12.4. The van der Waals surface area contributed by atoms with Crippen LogP contribution in [0.4, 0.5) is 4.79 Å². The van der Waals surface area contributed by atoms with Gasteiger partial charge in [0.25, 0.3) is 0 Å². The Morgan fingerprint density at radius 1 is 1.48 bits per heavy atom. The van der Waals surface area contributed by atoms with Crippen LogP contribution in [0.2, 0.25) is 5.02 Å². The van der Waals surface area contributed by atoms with Gasteiger partial charge in [-0.05, 0) is 26.8 Å². The molecule has 0 radical (unpaired) electrons. The molecule has 116 valence electrons. The lowest BCUT2D eigenvalue weighted by Gasteiger charge is -2.37. The predicted octanol–water partition coefficient (Wildman–Crippen LogP) is 2.93. The molecule has 1 aromatic rings. The van der Waals surface area contributed by atoms with Crippen LogP contribution in [0.3, 0.4) is 0 Å². The number of piperazine rings is 1. The zero-order valence-corrected chi connectivity index (χ0v) is 13.3. The van der Waals surface area contributed by atoms with E-state index in [1.54, 1.807) is 23.1 Å². The molecule has 0 aliphatic carbocycles. The summed E-state index contributed by atoms with van der Waals surface area (Å²) in [6, 6.07) is 4.86. The van der Waals surface area contributed by atoms with Crippen LogP contribution >= 0.6 is 11.6 Å². The largest absolute Gasteiger partial charge is 0.506 e. The second kappa shape index (κ2) is 6.12. The summed E-state index contributed by atoms with van der Waals surface area (Å²) in [6.07, 6.45) is -0.381. The van der Waals surface area contributed by atoms with Gasteiger partial charge in [-0.3, -0.25) is 4.90 Å². The van der Waals surface area contributed by atoms with Crippen molar-refractivity contribution in [3.8, 4) is 5.75 Å². The molecular weight excluding hydrogens is 292 g/mol. The normalized spacial score (nSPS) is 19.4. The Labute approximate surface area is 129 Å². The molecule has 1 amide bonds. The van der Waals surface area contributed by atoms with Gasteiger partial charge in [0, 0.05) is 25.2 Å². The van der Waals surface area contributed by atoms with Crippen molar-refractivity contribution in [1.29, 1.82) is 0 Å². The highest BCUT2D eigenvalue weighted by molar-refractivity contribution is 6.32. The lowest BCUT2D eigenvalue weighted by molar-refractivity contribution is 0.0116. The van der Waals surface area contributed by atoms with E-state index in [0.29, 0.717) is 25.2 Å². The molecule has 1 heterocycles. The second-order valence-electron chi connectivity index (χ2n) is 6.07. The molecule has 1 unspecified atom stereocenters. The fourth-order valence-electron chi connectivity index (χ4n) is 2.32. The predicted molar refractivity (Wildman–Crippen MR) is 81.7 cm³/mol. The zero-order chi connectivity index (χ0) is 15.6. The molecule has 0 aromatic heterocycles. The van der Waals surface area contributed by atoms with E-state index in [4.69, 9.17) is 16.3 Å². The first-order valence-corrected chi connectivity index (χ1v) is 7.35. The van der Waals surface area contributed by atoms with Gasteiger partial charge in [0.15, 0.2) is 0 Å². The number of amides is 1. The summed E-state index contributed by atoms with van der Waals surface area (Å²) in [5.74, 6) is 0.0152. The van der Waals surface area contributed by atoms with Crippen molar-refractivity contribution in [2.45, 2.75) is 32.4 Å². The fraction of sp³-hybridized carbons (Fsp3) is 0.533. The van der Waals surface area contributed by atoms with E-state index in [1.807, 2.05) is 20.8 Å². The van der Waals surface area contributed by atoms with E-state index >= 15 is 0 Å². The van der Waals surface area contributed by atoms with Gasteiger partial charge in [-0.2, -0.15) is 0 Å². The van der Waals surface area contributed by atoms with Crippen LogP contribution in [0.5, 0.6) is 5.75 Å². The van der Waals surface area contributed by atoms with Crippen LogP contribution in [0, 0.1) is 0 Å². The third-order valence-corrected chi connectivity index (χ3v) is 3.55. The third kappa shape index (κ3) is 3.80. The van der Waals surface area contributed by atoms with Crippen molar-refractivity contribution in [2.24, 2.45) is 0 Å². The van der Waals surface area contributed by atoms with Crippen molar-refractivity contribution in [3.63, 3.8) is 0 Å². The Morgan fingerprint density at radius 3 is 2.86 bits per heavy atom. The summed E-state index contributed by atoms with van der Waals surface area (Å²) in [6.45, 7) is 7.26. The van der Waals surface area contributed by atoms with Gasteiger partial charge in [0.05, 0.1) is 11.1 Å². The van der Waals surface area contributed by atoms with E-state index in [2.05, 4.69) is 5.32 Å². The topological polar surface area (TPSA) is 61.8 Å². The minimum absolute atomic E-state index is 0.0152. The molecule has 6 heteroatoms. The maximum absolute atomic E-state index is 12.4. The minimum atomic E-state index is -0.553. The molecule has 2 N–H and O–H groups in total. The number of hydrogen-bond acceptors (Lipinski definition) is 4. The van der Waals surface area contributed by atoms with Crippen LogP contribution in [-0.2, 0) is 4.74 Å². The molecular formula is C15H21ClN2O3. The monoisotopic (exact) mass is 312 g/mol. The maximum Gasteiger partial charge on any atom is 0.410 e. The van der Waals surface area contributed by atoms with Crippen molar-refractivity contribution < 1.29 is 14.6 Å². The quantitative estimate of drug-likeness (QED) is 0.837. The Morgan fingerprint density at radius 2 is 2.19 bits per heavy atom. The molecule has 0 saturated carbocycles. The fourth-order valence-corrected chi connectivity index (χ4v) is 2.50. The van der Waals surface area contributed by atoms with E-state index in [9.17, 15) is 9.90 Å². The SMILES string of the molecule is CC(C)(C)OC(=O)N1CCNCC1c1cccc(Cl)c1O. The third-order valence-electron chi connectivity index (χ3n) is 3.25. The molecule has 1 aliphatic heterocycles. The van der Waals surface area contributed by atoms with Gasteiger partial charge in [-0.1, -0.05) is 23.7 Å². The molecule has 1 aliphatic rings. The van der Waals surface area contributed by atoms with Crippen LogP contribution in [0.15, 0.2) is 18.2 Å². The smallest absolute Gasteiger partial charge is 0.410 e. The zero-order valence-electron chi connectivity index (χ0n) is 12.5. The molecule has 21 heavy (non-hydrogen) atoms. The van der Waals surface area contributed by atoms with Crippen molar-refractivity contribution in [3.05, 3.63) is 28.8 Å². The van der Waals surface area contributed by atoms with Gasteiger partial charge in [0.1, 0.15) is 11.4 Å². The Bertz CT molecular complexity index is 528. The lowest BCUT2D eigenvalue weighted by Crippen LogP contribution is -2.50. The van der Waals surface area contributed by atoms with Crippen molar-refractivity contribution >= 4 is 17.7 Å². The Balaban J connectivity index is 2.27. The summed E-state index contributed by atoms with van der Waals surface area (Å²) < 4.78 is 5.44. The van der Waals surface area contributed by atoms with Crippen LogP contribution < -0.4 is 5.32 Å². The van der Waals surface area contributed by atoms with Gasteiger partial charge in [-0.25, -0.2) is 4.79 Å². The van der Waals surface area contributed by atoms with Crippen LogP contribution in [-0.4, -0.2) is 41.3 Å². The van der Waals surface area contributed by atoms with Crippen LogP contribution in [0.25, 0.3) is 0 Å². The average Bonchev–Trinajstić information content (AvgIpc) is 2.40. The average molecular weight is 313 g/mol. The Hall–Kier alpha value is -1.46. The number of benzene rings is 1. The van der Waals surface area contributed by atoms with E-state index in [0.717, 1.165) is 0 Å². The van der Waals surface area contributed by atoms with Crippen LogP contribution in [0.1, 0.15) is 32.4 Å². The first kappa shape index (κ1) is 15.9. The Kier molecular flexibility index (Phi) is 4.64. The van der Waals surface area contributed by atoms with Crippen molar-refractivity contribution in [1.82, 2.24) is 10.2 Å². The molecule has 1 atom stereocenters. The molecule has 1 fully saturated rings. The summed E-state index contributed by atoms with van der Waals surface area (Å²) >= 11 is 5.96. The van der Waals surface area contributed by atoms with E-state index < -0.39 is 5.60 Å². The second-order valence-corrected chi connectivity index (χ2v) is 6.48. The number of para-hydroxylation sites is 1. The number of nitrogens with zero attached hydrogens (tertiary/aromatic N) is 1. The van der Waals surface area contributed by atoms with Gasteiger partial charge in [0.2, 0.25) is 0 Å². The van der Waals surface area contributed by atoms with E-state index in [-0.39, 0.29) is 22.9 Å². The number of ether oxygens (including phenoxy) is 1. The summed E-state index contributed by atoms with van der Waals surface area (Å²) in [5, 5.41) is 13.6. The number of carbonyl (C=O) groups excluding carboxylic acids is 1. The molecule has 5 nitrogen and oxygen atoms in total. The van der Waals surface area contributed by atoms with Crippen molar-refractivity contribution in [2.75, 3.05) is 19.6 Å². The number of phenolic OH excluding ortho intramolecular Hbond substituents is 1. The minimum Gasteiger partial charge on any atom is -0.506 e. The molecule has 1 saturated heterocycles. The van der Waals surface area contributed by atoms with E-state index in [1.165, 1.54) is 0 Å². The standard InChI is InChI=1S/C15H21ClN2O3/c1-15(2,3)21-14(20)18-8-7-17-9-12(18)10-5-4-6-11(16)13(10)19/h4-6,12,17,19H,7-9H2,1-3H3. The number of nitrogens with one attached hydrogen (secondary N) is 1. The summed E-state index contributed by atoms with van der Waals surface area (Å²) in [7, 11) is 0. The number of rotatable bonds is 1. The number of aromatic hydroxyl groups is 1. The first-order valence-electron chi connectivity index (χ1n) is 6.97. The molecule has 0 bridgehead atoms.